The molecule has 0 amide bonds. The third-order valence-corrected chi connectivity index (χ3v) is 1.56. The van der Waals surface area contributed by atoms with E-state index in [0.29, 0.717) is 19.6 Å². The lowest BCUT2D eigenvalue weighted by Crippen LogP contribution is -2.17. The smallest absolute Gasteiger partial charge is 0.305 e. The van der Waals surface area contributed by atoms with Gasteiger partial charge in [0, 0.05) is 20.5 Å². The molecule has 0 N–H and O–H groups in total. The van der Waals surface area contributed by atoms with Crippen LogP contribution in [0.5, 0.6) is 0 Å². The first-order chi connectivity index (χ1) is 7.06. The number of ether oxygens (including phenoxy) is 3. The summed E-state index contributed by atoms with van der Waals surface area (Å²) >= 11 is 0. The van der Waals surface area contributed by atoms with Crippen molar-refractivity contribution in [2.24, 2.45) is 0 Å². The fraction of sp³-hybridized carbons (Fsp3) is 0.800. The zero-order valence-electron chi connectivity index (χ0n) is 9.45. The molecule has 1 unspecified atom stereocenters. The van der Waals surface area contributed by atoms with Crippen LogP contribution in [0.15, 0.2) is 0 Å². The number of carbonyl (C=O) groups is 2. The summed E-state index contributed by atoms with van der Waals surface area (Å²) in [5.41, 5.74) is 0. The summed E-state index contributed by atoms with van der Waals surface area (Å²) < 4.78 is 14.0. The first-order valence-corrected chi connectivity index (χ1v) is 4.88. The second-order valence-corrected chi connectivity index (χ2v) is 3.20. The normalized spacial score (nSPS) is 16.1. The Morgan fingerprint density at radius 3 is 2.53 bits per heavy atom. The van der Waals surface area contributed by atoms with Gasteiger partial charge in [-0.25, -0.2) is 0 Å². The minimum Gasteiger partial charge on any atom is -0.466 e. The van der Waals surface area contributed by atoms with E-state index in [-0.39, 0.29) is 18.0 Å². The van der Waals surface area contributed by atoms with E-state index in [9.17, 15) is 9.59 Å². The number of cyclic esters (lactones) is 1. The number of hydrogen-bond acceptors (Lipinski definition) is 5. The predicted octanol–water partition coefficient (Wildman–Crippen LogP) is 0.908. The molecule has 1 saturated heterocycles. The van der Waals surface area contributed by atoms with E-state index in [2.05, 4.69) is 4.74 Å². The summed E-state index contributed by atoms with van der Waals surface area (Å²) in [6.07, 6.45) is 1.41. The number of rotatable bonds is 3. The van der Waals surface area contributed by atoms with E-state index >= 15 is 0 Å². The Balaban J connectivity index is 0.000000280. The average molecular weight is 218 g/mol. The molecule has 0 bridgehead atoms. The molecule has 1 aliphatic heterocycles. The Labute approximate surface area is 89.7 Å². The van der Waals surface area contributed by atoms with Crippen LogP contribution in [0.1, 0.15) is 26.7 Å². The molecule has 1 heterocycles. The Morgan fingerprint density at radius 1 is 1.60 bits per heavy atom. The summed E-state index contributed by atoms with van der Waals surface area (Å²) in [6.45, 7) is 4.26. The Kier molecular flexibility index (Phi) is 7.62. The van der Waals surface area contributed by atoms with E-state index in [1.165, 1.54) is 6.92 Å². The number of carbonyl (C=O) groups excluding carboxylic acids is 2. The monoisotopic (exact) mass is 218 g/mol. The molecular weight excluding hydrogens is 200 g/mol. The highest BCUT2D eigenvalue weighted by molar-refractivity contribution is 5.70. The molecule has 0 aliphatic carbocycles. The molecular formula is C10H18O5. The summed E-state index contributed by atoms with van der Waals surface area (Å²) in [5.74, 6) is -0.311. The quantitative estimate of drug-likeness (QED) is 0.659. The van der Waals surface area contributed by atoms with Crippen LogP contribution in [0.3, 0.4) is 0 Å². The molecule has 0 spiro atoms. The van der Waals surface area contributed by atoms with Gasteiger partial charge < -0.3 is 14.2 Å². The summed E-state index contributed by atoms with van der Waals surface area (Å²) in [7, 11) is 1.57. The molecule has 5 nitrogen and oxygen atoms in total. The molecule has 0 saturated carbocycles. The van der Waals surface area contributed by atoms with Gasteiger partial charge in [-0.15, -0.1) is 0 Å². The van der Waals surface area contributed by atoms with E-state index in [4.69, 9.17) is 9.47 Å². The van der Waals surface area contributed by atoms with Gasteiger partial charge in [0.25, 0.3) is 0 Å². The van der Waals surface area contributed by atoms with Crippen LogP contribution in [0.4, 0.5) is 0 Å². The lowest BCUT2D eigenvalue weighted by Gasteiger charge is -2.08. The van der Waals surface area contributed by atoms with Crippen molar-refractivity contribution in [3.05, 3.63) is 0 Å². The Bertz CT molecular complexity index is 194. The molecule has 15 heavy (non-hydrogen) atoms. The predicted molar refractivity (Wildman–Crippen MR) is 53.3 cm³/mol. The van der Waals surface area contributed by atoms with Crippen LogP contribution in [0, 0.1) is 0 Å². The number of esters is 2. The largest absolute Gasteiger partial charge is 0.466 e. The molecule has 0 radical (unpaired) electrons. The van der Waals surface area contributed by atoms with Gasteiger partial charge in [-0.2, -0.15) is 0 Å². The van der Waals surface area contributed by atoms with E-state index < -0.39 is 0 Å². The van der Waals surface area contributed by atoms with Crippen molar-refractivity contribution >= 4 is 11.9 Å². The van der Waals surface area contributed by atoms with Crippen LogP contribution in [0.2, 0.25) is 0 Å². The molecule has 1 fully saturated rings. The zero-order chi connectivity index (χ0) is 11.7. The summed E-state index contributed by atoms with van der Waals surface area (Å²) in [5, 5.41) is 0. The lowest BCUT2D eigenvalue weighted by molar-refractivity contribution is -0.147. The van der Waals surface area contributed by atoms with E-state index in [1.807, 2.05) is 0 Å². The van der Waals surface area contributed by atoms with Crippen LogP contribution < -0.4 is 0 Å². The fourth-order valence-corrected chi connectivity index (χ4v) is 1.03. The SMILES string of the molecule is COCC(C)OC(C)=O.O=C1CCCO1. The van der Waals surface area contributed by atoms with Gasteiger partial charge in [0.1, 0.15) is 6.10 Å². The summed E-state index contributed by atoms with van der Waals surface area (Å²) in [4.78, 5) is 20.3. The van der Waals surface area contributed by atoms with Gasteiger partial charge in [-0.3, -0.25) is 9.59 Å². The fourth-order valence-electron chi connectivity index (χ4n) is 1.03. The van der Waals surface area contributed by atoms with E-state index in [0.717, 1.165) is 6.42 Å². The zero-order valence-corrected chi connectivity index (χ0v) is 9.45. The van der Waals surface area contributed by atoms with Gasteiger partial charge in [-0.1, -0.05) is 0 Å². The first kappa shape index (κ1) is 13.9. The average Bonchev–Trinajstić information content (AvgIpc) is 2.56. The van der Waals surface area contributed by atoms with E-state index in [1.54, 1.807) is 14.0 Å². The number of methoxy groups -OCH3 is 1. The second kappa shape index (κ2) is 8.23. The van der Waals surface area contributed by atoms with Gasteiger partial charge in [0.2, 0.25) is 0 Å². The van der Waals surface area contributed by atoms with Crippen LogP contribution in [-0.4, -0.2) is 38.4 Å². The van der Waals surface area contributed by atoms with Crippen LogP contribution in [-0.2, 0) is 23.8 Å². The lowest BCUT2D eigenvalue weighted by atomic mass is 10.4. The summed E-state index contributed by atoms with van der Waals surface area (Å²) in [6, 6.07) is 0. The molecule has 0 aromatic carbocycles. The van der Waals surface area contributed by atoms with Crippen molar-refractivity contribution in [2.45, 2.75) is 32.8 Å². The topological polar surface area (TPSA) is 61.8 Å². The highest BCUT2D eigenvalue weighted by Crippen LogP contribution is 2.01. The molecule has 1 aliphatic rings. The minimum atomic E-state index is -0.264. The Morgan fingerprint density at radius 2 is 2.27 bits per heavy atom. The maximum absolute atomic E-state index is 10.3. The van der Waals surface area contributed by atoms with Gasteiger partial charge in [0.05, 0.1) is 13.2 Å². The molecule has 1 atom stereocenters. The van der Waals surface area contributed by atoms with Crippen molar-refractivity contribution in [2.75, 3.05) is 20.3 Å². The van der Waals surface area contributed by atoms with Crippen LogP contribution in [0.25, 0.3) is 0 Å². The highest BCUT2D eigenvalue weighted by Gasteiger charge is 2.08. The van der Waals surface area contributed by atoms with Crippen molar-refractivity contribution in [3.8, 4) is 0 Å². The molecule has 0 aromatic heterocycles. The molecule has 0 aromatic rings. The van der Waals surface area contributed by atoms with Crippen molar-refractivity contribution in [3.63, 3.8) is 0 Å². The first-order valence-electron chi connectivity index (χ1n) is 4.88. The molecule has 5 heteroatoms. The molecule has 88 valence electrons. The van der Waals surface area contributed by atoms with Crippen molar-refractivity contribution in [1.29, 1.82) is 0 Å². The van der Waals surface area contributed by atoms with Crippen molar-refractivity contribution < 1.29 is 23.8 Å². The van der Waals surface area contributed by atoms with Crippen LogP contribution >= 0.6 is 0 Å². The Hall–Kier alpha value is -1.10. The minimum absolute atomic E-state index is 0.0463. The highest BCUT2D eigenvalue weighted by atomic mass is 16.6. The maximum Gasteiger partial charge on any atom is 0.305 e. The third kappa shape index (κ3) is 9.21. The second-order valence-electron chi connectivity index (χ2n) is 3.20. The molecule has 1 rings (SSSR count). The maximum atomic E-state index is 10.3. The van der Waals surface area contributed by atoms with Gasteiger partial charge in [-0.05, 0) is 13.3 Å². The van der Waals surface area contributed by atoms with Crippen molar-refractivity contribution in [1.82, 2.24) is 0 Å². The number of hydrogen-bond donors (Lipinski definition) is 0. The standard InChI is InChI=1S/C6H12O3.C4H6O2/c1-5(4-8-3)9-6(2)7;5-4-2-1-3-6-4/h5H,4H2,1-3H3;1-3H2. The third-order valence-electron chi connectivity index (χ3n) is 1.56. The van der Waals surface area contributed by atoms with Gasteiger partial charge in [0.15, 0.2) is 0 Å². The van der Waals surface area contributed by atoms with Gasteiger partial charge >= 0.3 is 11.9 Å².